The predicted molar refractivity (Wildman–Crippen MR) is 54.8 cm³/mol. The topological polar surface area (TPSA) is 80.4 Å². The van der Waals surface area contributed by atoms with E-state index in [-0.39, 0.29) is 12.2 Å². The molecular formula is C9H13NO3S. The van der Waals surface area contributed by atoms with Crippen LogP contribution in [0, 0.1) is 0 Å². The van der Waals surface area contributed by atoms with Gasteiger partial charge in [-0.3, -0.25) is 9.59 Å². The molecule has 1 rings (SSSR count). The highest BCUT2D eigenvalue weighted by Crippen LogP contribution is 2.30. The molecule has 0 aliphatic carbocycles. The van der Waals surface area contributed by atoms with Crippen molar-refractivity contribution >= 4 is 23.5 Å². The Bertz CT molecular complexity index is 286. The summed E-state index contributed by atoms with van der Waals surface area (Å²) in [7, 11) is 0. The van der Waals surface area contributed by atoms with E-state index in [0.29, 0.717) is 17.9 Å². The number of rotatable bonds is 5. The van der Waals surface area contributed by atoms with Gasteiger partial charge in [0, 0.05) is 11.3 Å². The molecule has 0 amide bonds. The number of hydrogen-bond acceptors (Lipinski definition) is 4. The van der Waals surface area contributed by atoms with Crippen LogP contribution in [0.2, 0.25) is 0 Å². The summed E-state index contributed by atoms with van der Waals surface area (Å²) < 4.78 is 0. The number of carboxylic acids is 1. The van der Waals surface area contributed by atoms with Crippen LogP contribution in [0.15, 0.2) is 10.6 Å². The van der Waals surface area contributed by atoms with Crippen LogP contribution in [0.1, 0.15) is 25.7 Å². The van der Waals surface area contributed by atoms with Crippen LogP contribution in [-0.4, -0.2) is 22.6 Å². The molecule has 1 aliphatic rings. The van der Waals surface area contributed by atoms with Crippen molar-refractivity contribution in [3.63, 3.8) is 0 Å². The Hall–Kier alpha value is -0.970. The SMILES string of the molecule is NC1=C(CCCCC(=O)O)SCC1=O. The molecule has 0 aromatic carbocycles. The van der Waals surface area contributed by atoms with E-state index in [1.54, 1.807) is 0 Å². The molecule has 0 unspecified atom stereocenters. The number of allylic oxidation sites excluding steroid dienone is 2. The summed E-state index contributed by atoms with van der Waals surface area (Å²) >= 11 is 1.48. The number of nitrogens with two attached hydrogens (primary N) is 1. The molecule has 1 heterocycles. The second-order valence-electron chi connectivity index (χ2n) is 3.15. The molecule has 14 heavy (non-hydrogen) atoms. The van der Waals surface area contributed by atoms with Crippen LogP contribution in [-0.2, 0) is 9.59 Å². The number of Topliss-reactive ketones (excluding diaryl/α,β-unsaturated/α-hetero) is 1. The second kappa shape index (κ2) is 5.05. The zero-order valence-electron chi connectivity index (χ0n) is 7.78. The van der Waals surface area contributed by atoms with Crippen molar-refractivity contribution < 1.29 is 14.7 Å². The highest BCUT2D eigenvalue weighted by atomic mass is 32.2. The molecule has 4 nitrogen and oxygen atoms in total. The van der Waals surface area contributed by atoms with E-state index in [2.05, 4.69) is 0 Å². The Labute approximate surface area is 86.5 Å². The fourth-order valence-electron chi connectivity index (χ4n) is 1.23. The van der Waals surface area contributed by atoms with E-state index in [1.165, 1.54) is 11.8 Å². The van der Waals surface area contributed by atoms with E-state index >= 15 is 0 Å². The number of hydrogen-bond donors (Lipinski definition) is 2. The number of carbonyl (C=O) groups is 2. The third-order valence-electron chi connectivity index (χ3n) is 2.02. The maximum atomic E-state index is 11.0. The lowest BCUT2D eigenvalue weighted by Crippen LogP contribution is -2.08. The Balaban J connectivity index is 2.25. The van der Waals surface area contributed by atoms with E-state index in [9.17, 15) is 9.59 Å². The highest BCUT2D eigenvalue weighted by Gasteiger charge is 2.20. The third kappa shape index (κ3) is 3.06. The van der Waals surface area contributed by atoms with Crippen LogP contribution < -0.4 is 5.73 Å². The summed E-state index contributed by atoms with van der Waals surface area (Å²) in [6, 6.07) is 0. The zero-order valence-corrected chi connectivity index (χ0v) is 8.60. The standard InChI is InChI=1S/C9H13NO3S/c10-9-6(11)5-14-7(9)3-1-2-4-8(12)13/h1-5,10H2,(H,12,13). The van der Waals surface area contributed by atoms with Crippen LogP contribution in [0.3, 0.4) is 0 Å². The summed E-state index contributed by atoms with van der Waals surface area (Å²) in [5.74, 6) is -0.328. The summed E-state index contributed by atoms with van der Waals surface area (Å²) in [5.41, 5.74) is 5.94. The number of carboxylic acid groups (broad SMARTS) is 1. The predicted octanol–water partition coefficient (Wildman–Crippen LogP) is 1.12. The van der Waals surface area contributed by atoms with Gasteiger partial charge in [0.15, 0.2) is 5.78 Å². The molecule has 0 bridgehead atoms. The van der Waals surface area contributed by atoms with Crippen LogP contribution in [0.5, 0.6) is 0 Å². The van der Waals surface area contributed by atoms with E-state index < -0.39 is 5.97 Å². The minimum atomic E-state index is -0.776. The van der Waals surface area contributed by atoms with Crippen LogP contribution in [0.4, 0.5) is 0 Å². The highest BCUT2D eigenvalue weighted by molar-refractivity contribution is 8.04. The van der Waals surface area contributed by atoms with Crippen molar-refractivity contribution in [2.75, 3.05) is 5.75 Å². The van der Waals surface area contributed by atoms with Gasteiger partial charge in [-0.05, 0) is 19.3 Å². The molecule has 0 saturated carbocycles. The van der Waals surface area contributed by atoms with Crippen molar-refractivity contribution in [2.24, 2.45) is 5.73 Å². The summed E-state index contributed by atoms with van der Waals surface area (Å²) in [4.78, 5) is 22.2. The second-order valence-corrected chi connectivity index (χ2v) is 4.22. The molecule has 0 spiro atoms. The Morgan fingerprint density at radius 3 is 2.71 bits per heavy atom. The van der Waals surface area contributed by atoms with Gasteiger partial charge in [-0.2, -0.15) is 0 Å². The number of thioether (sulfide) groups is 1. The zero-order chi connectivity index (χ0) is 10.6. The molecule has 3 N–H and O–H groups in total. The van der Waals surface area contributed by atoms with Crippen LogP contribution in [0.25, 0.3) is 0 Å². The molecule has 78 valence electrons. The first kappa shape index (κ1) is 11.1. The molecule has 0 fully saturated rings. The van der Waals surface area contributed by atoms with E-state index in [0.717, 1.165) is 17.7 Å². The van der Waals surface area contributed by atoms with Crippen molar-refractivity contribution in [1.29, 1.82) is 0 Å². The number of carbonyl (C=O) groups excluding carboxylic acids is 1. The molecule has 0 saturated heterocycles. The smallest absolute Gasteiger partial charge is 0.303 e. The van der Waals surface area contributed by atoms with Crippen molar-refractivity contribution in [1.82, 2.24) is 0 Å². The normalized spacial score (nSPS) is 16.4. The van der Waals surface area contributed by atoms with Crippen molar-refractivity contribution in [3.05, 3.63) is 10.6 Å². The number of unbranched alkanes of at least 4 members (excludes halogenated alkanes) is 1. The molecule has 0 aromatic rings. The van der Waals surface area contributed by atoms with E-state index in [1.807, 2.05) is 0 Å². The van der Waals surface area contributed by atoms with Gasteiger partial charge in [-0.15, -0.1) is 11.8 Å². The van der Waals surface area contributed by atoms with Gasteiger partial charge < -0.3 is 10.8 Å². The monoisotopic (exact) mass is 215 g/mol. The summed E-state index contributed by atoms with van der Waals surface area (Å²) in [6.07, 6.45) is 2.34. The number of ketones is 1. The first-order valence-electron chi connectivity index (χ1n) is 4.47. The van der Waals surface area contributed by atoms with Gasteiger partial charge in [0.1, 0.15) is 0 Å². The summed E-state index contributed by atoms with van der Waals surface area (Å²) in [6.45, 7) is 0. The summed E-state index contributed by atoms with van der Waals surface area (Å²) in [5, 5.41) is 8.40. The largest absolute Gasteiger partial charge is 0.481 e. The average molecular weight is 215 g/mol. The minimum Gasteiger partial charge on any atom is -0.481 e. The molecule has 5 heteroatoms. The van der Waals surface area contributed by atoms with Gasteiger partial charge >= 0.3 is 5.97 Å². The average Bonchev–Trinajstić information content (AvgIpc) is 2.43. The Morgan fingerprint density at radius 2 is 2.21 bits per heavy atom. The van der Waals surface area contributed by atoms with Crippen LogP contribution >= 0.6 is 11.8 Å². The van der Waals surface area contributed by atoms with Gasteiger partial charge in [0.05, 0.1) is 11.4 Å². The van der Waals surface area contributed by atoms with E-state index in [4.69, 9.17) is 10.8 Å². The molecular weight excluding hydrogens is 202 g/mol. The van der Waals surface area contributed by atoms with Gasteiger partial charge in [0.25, 0.3) is 0 Å². The number of aliphatic carboxylic acids is 1. The van der Waals surface area contributed by atoms with Gasteiger partial charge in [-0.1, -0.05) is 0 Å². The maximum Gasteiger partial charge on any atom is 0.303 e. The lowest BCUT2D eigenvalue weighted by Gasteiger charge is -2.00. The molecule has 0 aromatic heterocycles. The first-order chi connectivity index (χ1) is 6.61. The lowest BCUT2D eigenvalue weighted by atomic mass is 10.1. The first-order valence-corrected chi connectivity index (χ1v) is 5.46. The maximum absolute atomic E-state index is 11.0. The quantitative estimate of drug-likeness (QED) is 0.672. The minimum absolute atomic E-state index is 0.00299. The lowest BCUT2D eigenvalue weighted by molar-refractivity contribution is -0.137. The van der Waals surface area contributed by atoms with Gasteiger partial charge in [-0.25, -0.2) is 0 Å². The van der Waals surface area contributed by atoms with Crippen molar-refractivity contribution in [2.45, 2.75) is 25.7 Å². The fourth-order valence-corrected chi connectivity index (χ4v) is 2.25. The molecule has 1 aliphatic heterocycles. The molecule has 0 radical (unpaired) electrons. The Morgan fingerprint density at radius 1 is 1.50 bits per heavy atom. The Kier molecular flexibility index (Phi) is 4.00. The fraction of sp³-hybridized carbons (Fsp3) is 0.556. The molecule has 0 atom stereocenters. The van der Waals surface area contributed by atoms with Crippen molar-refractivity contribution in [3.8, 4) is 0 Å². The van der Waals surface area contributed by atoms with Gasteiger partial charge in [0.2, 0.25) is 0 Å². The third-order valence-corrected chi connectivity index (χ3v) is 3.20.